The highest BCUT2D eigenvalue weighted by molar-refractivity contribution is 7.18. The maximum atomic E-state index is 12.5. The molecule has 0 aliphatic carbocycles. The molecule has 0 saturated heterocycles. The lowest BCUT2D eigenvalue weighted by atomic mass is 10.2. The quantitative estimate of drug-likeness (QED) is 0.541. The van der Waals surface area contributed by atoms with Gasteiger partial charge in [-0.25, -0.2) is 9.67 Å². The van der Waals surface area contributed by atoms with Gasteiger partial charge in [-0.15, -0.1) is 10.2 Å². The summed E-state index contributed by atoms with van der Waals surface area (Å²) in [6.45, 7) is 3.87. The maximum Gasteiger partial charge on any atom is 0.259 e. The second-order valence-electron chi connectivity index (χ2n) is 6.09. The van der Waals surface area contributed by atoms with Crippen molar-refractivity contribution >= 4 is 34.0 Å². The Morgan fingerprint density at radius 3 is 2.64 bits per heavy atom. The summed E-state index contributed by atoms with van der Waals surface area (Å²) in [6.07, 6.45) is 1.51. The Bertz CT molecular complexity index is 1150. The largest absolute Gasteiger partial charge is 0.296 e. The first-order valence-corrected chi connectivity index (χ1v) is 9.60. The number of carbonyl (C=O) groups excluding carboxylic acids is 1. The van der Waals surface area contributed by atoms with E-state index in [1.165, 1.54) is 17.5 Å². The van der Waals surface area contributed by atoms with E-state index in [9.17, 15) is 4.79 Å². The smallest absolute Gasteiger partial charge is 0.259 e. The topological polar surface area (TPSA) is 85.6 Å². The Morgan fingerprint density at radius 1 is 1.14 bits per heavy atom. The van der Waals surface area contributed by atoms with Crippen molar-refractivity contribution in [1.29, 1.82) is 0 Å². The molecule has 4 rings (SSSR count). The summed E-state index contributed by atoms with van der Waals surface area (Å²) in [6, 6.07) is 12.8. The molecule has 0 aliphatic heterocycles. The number of rotatable bonds is 4. The zero-order valence-corrected chi connectivity index (χ0v) is 16.6. The first-order chi connectivity index (χ1) is 13.5. The van der Waals surface area contributed by atoms with Gasteiger partial charge in [-0.05, 0) is 38.1 Å². The second-order valence-corrected chi connectivity index (χ2v) is 7.48. The molecule has 0 fully saturated rings. The van der Waals surface area contributed by atoms with Crippen LogP contribution in [0.1, 0.15) is 21.7 Å². The number of aromatic nitrogens is 5. The highest BCUT2D eigenvalue weighted by Gasteiger charge is 2.14. The lowest BCUT2D eigenvalue weighted by Gasteiger charge is -2.05. The van der Waals surface area contributed by atoms with E-state index >= 15 is 0 Å². The number of nitrogens with one attached hydrogen (secondary N) is 1. The first kappa shape index (κ1) is 18.3. The molecule has 0 saturated carbocycles. The SMILES string of the molecule is Cc1cc(C)n(-c2ccc(C(=O)Nc3nnc(-c4ccccc4Cl)s3)cn2)n1. The predicted molar refractivity (Wildman–Crippen MR) is 109 cm³/mol. The van der Waals surface area contributed by atoms with E-state index in [-0.39, 0.29) is 5.91 Å². The fraction of sp³-hybridized carbons (Fsp3) is 0.105. The Hall–Kier alpha value is -3.10. The molecule has 1 amide bonds. The van der Waals surface area contributed by atoms with Crippen molar-refractivity contribution in [3.63, 3.8) is 0 Å². The Labute approximate surface area is 170 Å². The lowest BCUT2D eigenvalue weighted by molar-refractivity contribution is 0.102. The normalized spacial score (nSPS) is 10.8. The summed E-state index contributed by atoms with van der Waals surface area (Å²) in [4.78, 5) is 16.8. The van der Waals surface area contributed by atoms with Crippen LogP contribution in [0.3, 0.4) is 0 Å². The summed E-state index contributed by atoms with van der Waals surface area (Å²) < 4.78 is 1.73. The number of benzene rings is 1. The van der Waals surface area contributed by atoms with Crippen LogP contribution in [0.5, 0.6) is 0 Å². The van der Waals surface area contributed by atoms with Crippen LogP contribution in [0.15, 0.2) is 48.7 Å². The lowest BCUT2D eigenvalue weighted by Crippen LogP contribution is -2.12. The summed E-state index contributed by atoms with van der Waals surface area (Å²) in [5.41, 5.74) is 3.08. The molecule has 4 aromatic rings. The minimum Gasteiger partial charge on any atom is -0.296 e. The maximum absolute atomic E-state index is 12.5. The van der Waals surface area contributed by atoms with E-state index in [1.807, 2.05) is 38.1 Å². The average Bonchev–Trinajstić information content (AvgIpc) is 3.28. The van der Waals surface area contributed by atoms with Crippen LogP contribution < -0.4 is 5.32 Å². The average molecular weight is 411 g/mol. The molecule has 3 aromatic heterocycles. The van der Waals surface area contributed by atoms with Crippen molar-refractivity contribution in [2.75, 3.05) is 5.32 Å². The third-order valence-electron chi connectivity index (χ3n) is 3.99. The number of nitrogens with zero attached hydrogens (tertiary/aromatic N) is 5. The number of aryl methyl sites for hydroxylation is 2. The molecule has 0 radical (unpaired) electrons. The monoisotopic (exact) mass is 410 g/mol. The summed E-state index contributed by atoms with van der Waals surface area (Å²) >= 11 is 7.44. The van der Waals surface area contributed by atoms with Gasteiger partial charge < -0.3 is 0 Å². The Kier molecular flexibility index (Phi) is 4.89. The van der Waals surface area contributed by atoms with E-state index in [2.05, 4.69) is 25.6 Å². The molecule has 3 heterocycles. The van der Waals surface area contributed by atoms with Crippen molar-refractivity contribution in [3.8, 4) is 16.4 Å². The molecule has 0 spiro atoms. The van der Waals surface area contributed by atoms with Crippen molar-refractivity contribution in [3.05, 3.63) is 70.6 Å². The van der Waals surface area contributed by atoms with Crippen LogP contribution in [0.2, 0.25) is 5.02 Å². The second kappa shape index (κ2) is 7.49. The van der Waals surface area contributed by atoms with Gasteiger partial charge in [-0.2, -0.15) is 5.10 Å². The van der Waals surface area contributed by atoms with Crippen molar-refractivity contribution < 1.29 is 4.79 Å². The zero-order valence-electron chi connectivity index (χ0n) is 15.0. The van der Waals surface area contributed by atoms with Gasteiger partial charge >= 0.3 is 0 Å². The number of halogens is 1. The van der Waals surface area contributed by atoms with Crippen LogP contribution in [0, 0.1) is 13.8 Å². The molecule has 140 valence electrons. The molecule has 0 bridgehead atoms. The van der Waals surface area contributed by atoms with Gasteiger partial charge in [0, 0.05) is 17.5 Å². The van der Waals surface area contributed by atoms with Gasteiger partial charge in [0.05, 0.1) is 16.3 Å². The summed E-state index contributed by atoms with van der Waals surface area (Å²) in [5.74, 6) is 0.341. The standard InChI is InChI=1S/C19H15ClN6OS/c1-11-9-12(2)26(25-11)16-8-7-13(10-21-16)17(27)22-19-24-23-18(28-19)14-5-3-4-6-15(14)20/h3-10H,1-2H3,(H,22,24,27). The first-order valence-electron chi connectivity index (χ1n) is 8.41. The van der Waals surface area contributed by atoms with E-state index < -0.39 is 0 Å². The minimum absolute atomic E-state index is 0.311. The molecule has 28 heavy (non-hydrogen) atoms. The molecule has 0 atom stereocenters. The van der Waals surface area contributed by atoms with Crippen LogP contribution >= 0.6 is 22.9 Å². The van der Waals surface area contributed by atoms with E-state index in [4.69, 9.17) is 11.6 Å². The molecule has 0 unspecified atom stereocenters. The highest BCUT2D eigenvalue weighted by Crippen LogP contribution is 2.31. The summed E-state index contributed by atoms with van der Waals surface area (Å²) in [5, 5.41) is 16.9. The molecule has 1 aromatic carbocycles. The number of amides is 1. The molecule has 1 N–H and O–H groups in total. The third-order valence-corrected chi connectivity index (χ3v) is 5.19. The third kappa shape index (κ3) is 3.64. The van der Waals surface area contributed by atoms with Gasteiger partial charge in [0.1, 0.15) is 0 Å². The zero-order chi connectivity index (χ0) is 19.7. The fourth-order valence-corrected chi connectivity index (χ4v) is 3.75. The molecule has 0 aliphatic rings. The van der Waals surface area contributed by atoms with Gasteiger partial charge in [0.15, 0.2) is 10.8 Å². The molecule has 9 heteroatoms. The number of carbonyl (C=O) groups is 1. The highest BCUT2D eigenvalue weighted by atomic mass is 35.5. The van der Waals surface area contributed by atoms with E-state index in [0.717, 1.165) is 17.0 Å². The van der Waals surface area contributed by atoms with Gasteiger partial charge in [0.25, 0.3) is 5.91 Å². The van der Waals surface area contributed by atoms with Crippen molar-refractivity contribution in [2.24, 2.45) is 0 Å². The number of hydrogen-bond acceptors (Lipinski definition) is 6. The van der Waals surface area contributed by atoms with Crippen LogP contribution in [0.4, 0.5) is 5.13 Å². The molecular weight excluding hydrogens is 396 g/mol. The Balaban J connectivity index is 1.50. The number of hydrogen-bond donors (Lipinski definition) is 1. The number of pyridine rings is 1. The van der Waals surface area contributed by atoms with E-state index in [1.54, 1.807) is 22.9 Å². The van der Waals surface area contributed by atoms with Gasteiger partial charge in [-0.1, -0.05) is 41.1 Å². The van der Waals surface area contributed by atoms with Crippen molar-refractivity contribution in [2.45, 2.75) is 13.8 Å². The Morgan fingerprint density at radius 2 is 1.96 bits per heavy atom. The fourth-order valence-electron chi connectivity index (χ4n) is 2.69. The summed E-state index contributed by atoms with van der Waals surface area (Å²) in [7, 11) is 0. The predicted octanol–water partition coefficient (Wildman–Crippen LogP) is 4.31. The van der Waals surface area contributed by atoms with Crippen LogP contribution in [-0.4, -0.2) is 30.9 Å². The van der Waals surface area contributed by atoms with Crippen LogP contribution in [0.25, 0.3) is 16.4 Å². The van der Waals surface area contributed by atoms with Crippen molar-refractivity contribution in [1.82, 2.24) is 25.0 Å². The number of anilines is 1. The van der Waals surface area contributed by atoms with E-state index in [0.29, 0.717) is 26.5 Å². The van der Waals surface area contributed by atoms with Gasteiger partial charge in [0.2, 0.25) is 5.13 Å². The van der Waals surface area contributed by atoms with Gasteiger partial charge in [-0.3, -0.25) is 10.1 Å². The molecular formula is C19H15ClN6OS. The molecule has 7 nitrogen and oxygen atoms in total. The minimum atomic E-state index is -0.311. The van der Waals surface area contributed by atoms with Crippen LogP contribution in [-0.2, 0) is 0 Å².